The van der Waals surface area contributed by atoms with Crippen molar-refractivity contribution in [1.82, 2.24) is 4.90 Å². The molecule has 2 rings (SSSR count). The van der Waals surface area contributed by atoms with Gasteiger partial charge in [0, 0.05) is 6.42 Å². The van der Waals surface area contributed by atoms with E-state index in [9.17, 15) is 4.79 Å². The zero-order valence-electron chi connectivity index (χ0n) is 9.07. The van der Waals surface area contributed by atoms with Gasteiger partial charge in [0.15, 0.2) is 5.79 Å². The lowest BCUT2D eigenvalue weighted by atomic mass is 10.0. The van der Waals surface area contributed by atoms with Gasteiger partial charge in [-0.05, 0) is 19.9 Å². The Morgan fingerprint density at radius 1 is 1.47 bits per heavy atom. The third kappa shape index (κ3) is 2.14. The van der Waals surface area contributed by atoms with Gasteiger partial charge < -0.3 is 15.2 Å². The summed E-state index contributed by atoms with van der Waals surface area (Å²) >= 11 is 0. The molecule has 0 bridgehead atoms. The first-order valence-corrected chi connectivity index (χ1v) is 5.44. The molecule has 0 saturated carbocycles. The minimum absolute atomic E-state index is 0.241. The lowest BCUT2D eigenvalue weighted by Gasteiger charge is -2.40. The number of primary amides is 1. The fourth-order valence-corrected chi connectivity index (χ4v) is 2.26. The lowest BCUT2D eigenvalue weighted by Crippen LogP contribution is -2.54. The van der Waals surface area contributed by atoms with Crippen LogP contribution in [0.25, 0.3) is 0 Å². The maximum atomic E-state index is 11.1. The van der Waals surface area contributed by atoms with E-state index in [1.165, 1.54) is 0 Å². The standard InChI is InChI=1S/C10H18N2O3/c1-8(9(11)13)12-4-2-3-10(7-12)14-5-6-15-10/h8H,2-7H2,1H3,(H2,11,13). The molecule has 0 aromatic heterocycles. The Balaban J connectivity index is 2.00. The van der Waals surface area contributed by atoms with E-state index in [0.717, 1.165) is 19.4 Å². The van der Waals surface area contributed by atoms with Crippen LogP contribution in [0.2, 0.25) is 0 Å². The highest BCUT2D eigenvalue weighted by molar-refractivity contribution is 5.79. The second kappa shape index (κ2) is 4.08. The topological polar surface area (TPSA) is 64.8 Å². The normalized spacial score (nSPS) is 28.1. The van der Waals surface area contributed by atoms with Gasteiger partial charge in [0.25, 0.3) is 0 Å². The van der Waals surface area contributed by atoms with Crippen molar-refractivity contribution in [2.75, 3.05) is 26.3 Å². The van der Waals surface area contributed by atoms with E-state index >= 15 is 0 Å². The summed E-state index contributed by atoms with van der Waals surface area (Å²) in [5.41, 5.74) is 5.29. The monoisotopic (exact) mass is 214 g/mol. The fourth-order valence-electron chi connectivity index (χ4n) is 2.26. The number of piperidine rings is 1. The van der Waals surface area contributed by atoms with E-state index in [1.807, 2.05) is 11.8 Å². The molecule has 2 heterocycles. The average Bonchev–Trinajstić information content (AvgIpc) is 2.65. The summed E-state index contributed by atoms with van der Waals surface area (Å²) < 4.78 is 11.3. The van der Waals surface area contributed by atoms with Gasteiger partial charge in [-0.15, -0.1) is 0 Å². The first kappa shape index (κ1) is 10.9. The Kier molecular flexibility index (Phi) is 2.95. The number of carbonyl (C=O) groups is 1. The second-order valence-electron chi connectivity index (χ2n) is 4.26. The van der Waals surface area contributed by atoms with Crippen molar-refractivity contribution in [3.05, 3.63) is 0 Å². The molecule has 0 radical (unpaired) electrons. The highest BCUT2D eigenvalue weighted by Gasteiger charge is 2.42. The van der Waals surface area contributed by atoms with Crippen LogP contribution in [0.3, 0.4) is 0 Å². The summed E-state index contributed by atoms with van der Waals surface area (Å²) in [5.74, 6) is -0.757. The fraction of sp³-hybridized carbons (Fsp3) is 0.900. The van der Waals surface area contributed by atoms with Gasteiger partial charge in [-0.25, -0.2) is 0 Å². The van der Waals surface area contributed by atoms with Crippen molar-refractivity contribution < 1.29 is 14.3 Å². The van der Waals surface area contributed by atoms with Crippen LogP contribution in [0.15, 0.2) is 0 Å². The zero-order valence-corrected chi connectivity index (χ0v) is 9.07. The molecule has 2 aliphatic heterocycles. The van der Waals surface area contributed by atoms with E-state index < -0.39 is 5.79 Å². The molecule has 2 aliphatic rings. The minimum atomic E-state index is -0.470. The van der Waals surface area contributed by atoms with Gasteiger partial charge in [-0.1, -0.05) is 0 Å². The Morgan fingerprint density at radius 2 is 2.13 bits per heavy atom. The van der Waals surface area contributed by atoms with Gasteiger partial charge in [0.1, 0.15) is 0 Å². The number of likely N-dealkylation sites (tertiary alicyclic amines) is 1. The average molecular weight is 214 g/mol. The molecule has 5 heteroatoms. The maximum Gasteiger partial charge on any atom is 0.234 e. The molecule has 1 unspecified atom stereocenters. The second-order valence-corrected chi connectivity index (χ2v) is 4.26. The summed E-state index contributed by atoms with van der Waals surface area (Å²) in [5, 5.41) is 0. The van der Waals surface area contributed by atoms with Crippen LogP contribution < -0.4 is 5.73 Å². The molecule has 2 N–H and O–H groups in total. The van der Waals surface area contributed by atoms with E-state index in [1.54, 1.807) is 0 Å². The minimum Gasteiger partial charge on any atom is -0.368 e. The van der Waals surface area contributed by atoms with Crippen LogP contribution in [0.5, 0.6) is 0 Å². The Labute approximate surface area is 89.5 Å². The van der Waals surface area contributed by atoms with E-state index in [0.29, 0.717) is 19.8 Å². The molecule has 15 heavy (non-hydrogen) atoms. The van der Waals surface area contributed by atoms with Crippen molar-refractivity contribution in [2.24, 2.45) is 5.73 Å². The van der Waals surface area contributed by atoms with Gasteiger partial charge >= 0.3 is 0 Å². The molecule has 2 saturated heterocycles. The SMILES string of the molecule is CC(C(N)=O)N1CCCC2(C1)OCCO2. The van der Waals surface area contributed by atoms with Crippen molar-refractivity contribution in [3.8, 4) is 0 Å². The number of hydrogen-bond acceptors (Lipinski definition) is 4. The zero-order chi connectivity index (χ0) is 10.9. The molecule has 1 amide bonds. The highest BCUT2D eigenvalue weighted by atomic mass is 16.7. The number of ether oxygens (including phenoxy) is 2. The van der Waals surface area contributed by atoms with Crippen LogP contribution in [0.1, 0.15) is 19.8 Å². The van der Waals surface area contributed by atoms with Gasteiger partial charge in [0.2, 0.25) is 5.91 Å². The third-order valence-electron chi connectivity index (χ3n) is 3.22. The largest absolute Gasteiger partial charge is 0.368 e. The Bertz CT molecular complexity index is 251. The predicted molar refractivity (Wildman–Crippen MR) is 54.1 cm³/mol. The number of hydrogen-bond donors (Lipinski definition) is 1. The number of nitrogens with two attached hydrogens (primary N) is 1. The molecular formula is C10H18N2O3. The van der Waals surface area contributed by atoms with E-state index in [2.05, 4.69) is 0 Å². The van der Waals surface area contributed by atoms with E-state index in [-0.39, 0.29) is 11.9 Å². The molecule has 1 spiro atoms. The summed E-state index contributed by atoms with van der Waals surface area (Å²) in [6.45, 7) is 4.67. The number of amides is 1. The van der Waals surface area contributed by atoms with Crippen LogP contribution in [-0.2, 0) is 14.3 Å². The molecular weight excluding hydrogens is 196 g/mol. The van der Waals surface area contributed by atoms with Gasteiger partial charge in [0.05, 0.1) is 25.8 Å². The van der Waals surface area contributed by atoms with Crippen LogP contribution >= 0.6 is 0 Å². The molecule has 0 aromatic carbocycles. The van der Waals surface area contributed by atoms with Gasteiger partial charge in [-0.3, -0.25) is 9.69 Å². The summed E-state index contributed by atoms with van der Waals surface area (Å²) in [6, 6.07) is -0.241. The highest BCUT2D eigenvalue weighted by Crippen LogP contribution is 2.30. The molecule has 5 nitrogen and oxygen atoms in total. The maximum absolute atomic E-state index is 11.1. The van der Waals surface area contributed by atoms with E-state index in [4.69, 9.17) is 15.2 Å². The quantitative estimate of drug-likeness (QED) is 0.685. The lowest BCUT2D eigenvalue weighted by molar-refractivity contribution is -0.193. The molecule has 0 aliphatic carbocycles. The summed E-state index contributed by atoms with van der Waals surface area (Å²) in [7, 11) is 0. The third-order valence-corrected chi connectivity index (χ3v) is 3.22. The summed E-state index contributed by atoms with van der Waals surface area (Å²) in [4.78, 5) is 13.1. The summed E-state index contributed by atoms with van der Waals surface area (Å²) in [6.07, 6.45) is 1.90. The van der Waals surface area contributed by atoms with Gasteiger partial charge in [-0.2, -0.15) is 0 Å². The molecule has 1 atom stereocenters. The van der Waals surface area contributed by atoms with Crippen molar-refractivity contribution in [3.63, 3.8) is 0 Å². The first-order valence-electron chi connectivity index (χ1n) is 5.44. The predicted octanol–water partition coefficient (Wildman–Crippen LogP) is -0.301. The van der Waals surface area contributed by atoms with Crippen molar-refractivity contribution >= 4 is 5.91 Å². The first-order chi connectivity index (χ1) is 7.13. The number of rotatable bonds is 2. The smallest absolute Gasteiger partial charge is 0.234 e. The van der Waals surface area contributed by atoms with Crippen molar-refractivity contribution in [2.45, 2.75) is 31.6 Å². The number of carbonyl (C=O) groups excluding carboxylic acids is 1. The van der Waals surface area contributed by atoms with Crippen LogP contribution in [-0.4, -0.2) is 48.9 Å². The van der Waals surface area contributed by atoms with Crippen LogP contribution in [0.4, 0.5) is 0 Å². The Hall–Kier alpha value is -0.650. The molecule has 0 aromatic rings. The van der Waals surface area contributed by atoms with Crippen LogP contribution in [0, 0.1) is 0 Å². The molecule has 2 fully saturated rings. The number of nitrogens with zero attached hydrogens (tertiary/aromatic N) is 1. The van der Waals surface area contributed by atoms with Crippen molar-refractivity contribution in [1.29, 1.82) is 0 Å². The molecule has 86 valence electrons. The Morgan fingerprint density at radius 3 is 2.73 bits per heavy atom.